The van der Waals surface area contributed by atoms with Crippen LogP contribution in [0.5, 0.6) is 0 Å². The van der Waals surface area contributed by atoms with Crippen molar-refractivity contribution in [2.24, 2.45) is 0 Å². The zero-order chi connectivity index (χ0) is 14.3. The maximum atomic E-state index is 11.4. The molecule has 0 saturated heterocycles. The summed E-state index contributed by atoms with van der Waals surface area (Å²) in [6, 6.07) is 8.50. The van der Waals surface area contributed by atoms with E-state index in [1.54, 1.807) is 6.92 Å². The SMILES string of the molecule is CCC[P+](CCC)(CCC)c1ccc(C(C)=O)cc1. The standard InChI is InChI=1S/C17H28OP/c1-5-12-19(13-6-2,14-7-3)17-10-8-16(9-11-17)15(4)18/h8-11H,5-7,12-14H2,1-4H3/q+1. The van der Waals surface area contributed by atoms with Crippen molar-refractivity contribution < 1.29 is 4.79 Å². The fraction of sp³-hybridized carbons (Fsp3) is 0.588. The molecule has 0 bridgehead atoms. The minimum atomic E-state index is -1.01. The molecule has 0 unspecified atom stereocenters. The minimum absolute atomic E-state index is 0.164. The molecular formula is C17H28OP+. The first-order valence-electron chi connectivity index (χ1n) is 7.57. The molecule has 0 atom stereocenters. The maximum absolute atomic E-state index is 11.4. The molecule has 0 aliphatic heterocycles. The number of benzene rings is 1. The highest BCUT2D eigenvalue weighted by Gasteiger charge is 2.37. The van der Waals surface area contributed by atoms with E-state index in [4.69, 9.17) is 0 Å². The Morgan fingerprint density at radius 1 is 0.895 bits per heavy atom. The van der Waals surface area contributed by atoms with Gasteiger partial charge in [0, 0.05) is 12.8 Å². The lowest BCUT2D eigenvalue weighted by Gasteiger charge is -2.26. The van der Waals surface area contributed by atoms with Gasteiger partial charge in [0.05, 0.1) is 23.8 Å². The Bertz CT molecular complexity index is 377. The summed E-state index contributed by atoms with van der Waals surface area (Å²) in [6.45, 7) is 8.53. The van der Waals surface area contributed by atoms with Crippen molar-refractivity contribution in [2.45, 2.75) is 47.0 Å². The molecule has 1 rings (SSSR count). The van der Waals surface area contributed by atoms with Gasteiger partial charge in [-0.2, -0.15) is 0 Å². The summed E-state index contributed by atoms with van der Waals surface area (Å²) in [5.41, 5.74) is 0.839. The molecule has 0 N–H and O–H groups in total. The second kappa shape index (κ2) is 7.80. The topological polar surface area (TPSA) is 17.1 Å². The Labute approximate surface area is 119 Å². The Hall–Kier alpha value is -0.680. The van der Waals surface area contributed by atoms with Gasteiger partial charge in [0.2, 0.25) is 0 Å². The lowest BCUT2D eigenvalue weighted by Crippen LogP contribution is -2.20. The zero-order valence-corrected chi connectivity index (χ0v) is 13.8. The van der Waals surface area contributed by atoms with Gasteiger partial charge in [0.25, 0.3) is 0 Å². The molecule has 1 nitrogen and oxygen atoms in total. The summed E-state index contributed by atoms with van der Waals surface area (Å²) in [4.78, 5) is 11.4. The molecule has 1 aromatic rings. The fourth-order valence-electron chi connectivity index (χ4n) is 3.02. The van der Waals surface area contributed by atoms with Gasteiger partial charge in [-0.3, -0.25) is 4.79 Å². The summed E-state index contributed by atoms with van der Waals surface area (Å²) in [5, 5.41) is 1.53. The first kappa shape index (κ1) is 16.4. The van der Waals surface area contributed by atoms with Crippen LogP contribution in [0.2, 0.25) is 0 Å². The molecule has 0 heterocycles. The van der Waals surface area contributed by atoms with E-state index in [1.165, 1.54) is 43.1 Å². The Morgan fingerprint density at radius 3 is 1.63 bits per heavy atom. The number of hydrogen-bond donors (Lipinski definition) is 0. The fourth-order valence-corrected chi connectivity index (χ4v) is 7.81. The van der Waals surface area contributed by atoms with Gasteiger partial charge in [-0.25, -0.2) is 0 Å². The van der Waals surface area contributed by atoms with Crippen molar-refractivity contribution in [3.05, 3.63) is 29.8 Å². The molecule has 0 spiro atoms. The first-order chi connectivity index (χ1) is 9.09. The highest BCUT2D eigenvalue weighted by Crippen LogP contribution is 2.58. The van der Waals surface area contributed by atoms with E-state index in [9.17, 15) is 4.79 Å². The second-order valence-electron chi connectivity index (χ2n) is 5.42. The van der Waals surface area contributed by atoms with Crippen molar-refractivity contribution in [1.29, 1.82) is 0 Å². The van der Waals surface area contributed by atoms with Crippen LogP contribution in [0.3, 0.4) is 0 Å². The normalized spacial score (nSPS) is 11.6. The highest BCUT2D eigenvalue weighted by molar-refractivity contribution is 7.82. The summed E-state index contributed by atoms with van der Waals surface area (Å²) < 4.78 is 0. The predicted octanol–water partition coefficient (Wildman–Crippen LogP) is 4.76. The zero-order valence-electron chi connectivity index (χ0n) is 12.9. The predicted molar refractivity (Wildman–Crippen MR) is 88.5 cm³/mol. The molecule has 0 radical (unpaired) electrons. The summed E-state index contributed by atoms with van der Waals surface area (Å²) in [7, 11) is -1.01. The van der Waals surface area contributed by atoms with E-state index in [-0.39, 0.29) is 5.78 Å². The van der Waals surface area contributed by atoms with Gasteiger partial charge in [0.1, 0.15) is 0 Å². The van der Waals surface area contributed by atoms with Crippen molar-refractivity contribution in [1.82, 2.24) is 0 Å². The van der Waals surface area contributed by atoms with Crippen LogP contribution in [0, 0.1) is 0 Å². The number of ketones is 1. The van der Waals surface area contributed by atoms with Crippen LogP contribution in [0.15, 0.2) is 24.3 Å². The largest absolute Gasteiger partial charge is 0.295 e. The van der Waals surface area contributed by atoms with Gasteiger partial charge in [-0.05, 0) is 50.5 Å². The average Bonchev–Trinajstić information content (AvgIpc) is 2.39. The number of carbonyl (C=O) groups is 1. The molecule has 0 amide bonds. The van der Waals surface area contributed by atoms with E-state index in [1.807, 2.05) is 12.1 Å². The molecule has 0 fully saturated rings. The van der Waals surface area contributed by atoms with Crippen LogP contribution in [0.4, 0.5) is 0 Å². The van der Waals surface area contributed by atoms with Crippen molar-refractivity contribution >= 4 is 18.4 Å². The molecule has 0 aliphatic rings. The molecule has 0 saturated carbocycles. The van der Waals surface area contributed by atoms with Crippen molar-refractivity contribution in [3.8, 4) is 0 Å². The van der Waals surface area contributed by atoms with Gasteiger partial charge in [-0.15, -0.1) is 0 Å². The van der Waals surface area contributed by atoms with E-state index < -0.39 is 7.26 Å². The Kier molecular flexibility index (Phi) is 6.72. The van der Waals surface area contributed by atoms with E-state index in [0.29, 0.717) is 0 Å². The lowest BCUT2D eigenvalue weighted by molar-refractivity contribution is 0.101. The maximum Gasteiger partial charge on any atom is 0.159 e. The highest BCUT2D eigenvalue weighted by atomic mass is 31.2. The number of carbonyl (C=O) groups excluding carboxylic acids is 1. The number of rotatable bonds is 8. The van der Waals surface area contributed by atoms with Crippen LogP contribution >= 0.6 is 7.26 Å². The quantitative estimate of drug-likeness (QED) is 0.495. The first-order valence-corrected chi connectivity index (χ1v) is 9.91. The summed E-state index contributed by atoms with van der Waals surface area (Å²) in [5.74, 6) is 0.164. The molecule has 1 aromatic carbocycles. The third-order valence-corrected chi connectivity index (χ3v) is 9.08. The average molecular weight is 279 g/mol. The van der Waals surface area contributed by atoms with E-state index in [0.717, 1.165) is 5.56 Å². The number of Topliss-reactive ketones (excluding diaryl/α,β-unsaturated/α-hetero) is 1. The molecule has 19 heavy (non-hydrogen) atoms. The minimum Gasteiger partial charge on any atom is -0.295 e. The molecule has 0 aromatic heterocycles. The van der Waals surface area contributed by atoms with Gasteiger partial charge < -0.3 is 0 Å². The molecule has 2 heteroatoms. The molecule has 0 aliphatic carbocycles. The lowest BCUT2D eigenvalue weighted by atomic mass is 10.2. The van der Waals surface area contributed by atoms with Crippen molar-refractivity contribution in [3.63, 3.8) is 0 Å². The monoisotopic (exact) mass is 279 g/mol. The van der Waals surface area contributed by atoms with Gasteiger partial charge >= 0.3 is 0 Å². The molecule has 106 valence electrons. The van der Waals surface area contributed by atoms with Gasteiger partial charge in [-0.1, -0.05) is 20.8 Å². The second-order valence-corrected chi connectivity index (χ2v) is 9.57. The summed E-state index contributed by atoms with van der Waals surface area (Å²) in [6.07, 6.45) is 7.86. The van der Waals surface area contributed by atoms with E-state index >= 15 is 0 Å². The Balaban J connectivity index is 3.10. The molecular weight excluding hydrogens is 251 g/mol. The third-order valence-electron chi connectivity index (χ3n) is 3.78. The third kappa shape index (κ3) is 4.14. The number of hydrogen-bond acceptors (Lipinski definition) is 1. The Morgan fingerprint density at radius 2 is 1.32 bits per heavy atom. The van der Waals surface area contributed by atoms with Crippen LogP contribution in [0.25, 0.3) is 0 Å². The summed E-state index contributed by atoms with van der Waals surface area (Å²) >= 11 is 0. The van der Waals surface area contributed by atoms with Crippen LogP contribution in [-0.2, 0) is 0 Å². The van der Waals surface area contributed by atoms with Crippen LogP contribution in [0.1, 0.15) is 57.3 Å². The van der Waals surface area contributed by atoms with Gasteiger partial charge in [0.15, 0.2) is 5.78 Å². The smallest absolute Gasteiger partial charge is 0.159 e. The van der Waals surface area contributed by atoms with Crippen LogP contribution in [-0.4, -0.2) is 24.3 Å². The van der Waals surface area contributed by atoms with E-state index in [2.05, 4.69) is 32.9 Å². The van der Waals surface area contributed by atoms with Crippen LogP contribution < -0.4 is 5.30 Å². The van der Waals surface area contributed by atoms with Crippen molar-refractivity contribution in [2.75, 3.05) is 18.5 Å².